The second kappa shape index (κ2) is 6.98. The fourth-order valence-corrected chi connectivity index (χ4v) is 2.28. The molecule has 0 saturated heterocycles. The van der Waals surface area contributed by atoms with Crippen molar-refractivity contribution in [2.75, 3.05) is 0 Å². The Kier molecular flexibility index (Phi) is 4.74. The number of rotatable bonds is 5. The number of hydrogen-bond donors (Lipinski definition) is 1. The first-order valence-electron chi connectivity index (χ1n) is 7.61. The van der Waals surface area contributed by atoms with E-state index in [1.165, 1.54) is 18.4 Å². The minimum atomic E-state index is -4.46. The molecule has 0 unspecified atom stereocenters. The van der Waals surface area contributed by atoms with Crippen LogP contribution in [-0.2, 0) is 17.5 Å². The molecular weight excluding hydrogens is 351 g/mol. The van der Waals surface area contributed by atoms with Crippen molar-refractivity contribution in [3.8, 4) is 11.4 Å². The van der Waals surface area contributed by atoms with Crippen LogP contribution >= 0.6 is 0 Å². The van der Waals surface area contributed by atoms with E-state index in [0.717, 1.165) is 16.9 Å². The summed E-state index contributed by atoms with van der Waals surface area (Å²) in [6, 6.07) is 7.68. The van der Waals surface area contributed by atoms with Gasteiger partial charge in [-0.3, -0.25) is 4.79 Å². The number of nitrogens with zero attached hydrogens (tertiary/aromatic N) is 4. The second-order valence-electron chi connectivity index (χ2n) is 5.53. The lowest BCUT2D eigenvalue weighted by molar-refractivity contribution is -0.137. The van der Waals surface area contributed by atoms with E-state index in [2.05, 4.69) is 20.7 Å². The molecule has 136 valence electrons. The monoisotopic (exact) mass is 365 g/mol. The Morgan fingerprint density at radius 1 is 1.31 bits per heavy atom. The Hall–Kier alpha value is -3.17. The third-order valence-corrected chi connectivity index (χ3v) is 3.53. The number of carbonyl (C=O) groups is 1. The lowest BCUT2D eigenvalue weighted by Crippen LogP contribution is -2.30. The summed E-state index contributed by atoms with van der Waals surface area (Å²) in [4.78, 5) is 13.0. The maximum atomic E-state index is 12.8. The van der Waals surface area contributed by atoms with Gasteiger partial charge < -0.3 is 9.73 Å². The van der Waals surface area contributed by atoms with E-state index in [1.807, 2.05) is 0 Å². The number of alkyl halides is 3. The number of nitrogens with one attached hydrogen (secondary N) is 1. The highest BCUT2D eigenvalue weighted by Crippen LogP contribution is 2.31. The molecule has 2 aromatic heterocycles. The first kappa shape index (κ1) is 17.6. The number of tetrazole rings is 1. The largest absolute Gasteiger partial charge is 0.467 e. The number of hydrogen-bond acceptors (Lipinski definition) is 5. The summed E-state index contributed by atoms with van der Waals surface area (Å²) in [5.41, 5.74) is -0.646. The molecule has 0 aliphatic heterocycles. The van der Waals surface area contributed by atoms with E-state index in [9.17, 15) is 18.0 Å². The standard InChI is InChI=1S/C16H14F3N5O2/c1-10(13-6-3-7-26-13)20-14(25)9-24-22-15(21-23-24)11-4-2-5-12(8-11)16(17,18)19/h2-8,10H,9H2,1H3,(H,20,25)/t10-/m0/s1. The van der Waals surface area contributed by atoms with Crippen molar-refractivity contribution >= 4 is 5.91 Å². The van der Waals surface area contributed by atoms with Crippen LogP contribution in [0.2, 0.25) is 0 Å². The van der Waals surface area contributed by atoms with Crippen LogP contribution < -0.4 is 5.32 Å². The van der Waals surface area contributed by atoms with E-state index < -0.39 is 11.7 Å². The SMILES string of the molecule is C[C@H](NC(=O)Cn1nnc(-c2cccc(C(F)(F)F)c2)n1)c1ccco1. The number of aromatic nitrogens is 4. The molecule has 0 bridgehead atoms. The van der Waals surface area contributed by atoms with Crippen LogP contribution in [-0.4, -0.2) is 26.1 Å². The molecule has 1 aromatic carbocycles. The molecule has 7 nitrogen and oxygen atoms in total. The summed E-state index contributed by atoms with van der Waals surface area (Å²) in [6.45, 7) is 1.52. The molecule has 0 aliphatic carbocycles. The Morgan fingerprint density at radius 2 is 2.12 bits per heavy atom. The molecule has 1 atom stereocenters. The zero-order chi connectivity index (χ0) is 18.7. The number of halogens is 3. The van der Waals surface area contributed by atoms with Gasteiger partial charge in [-0.05, 0) is 36.4 Å². The van der Waals surface area contributed by atoms with E-state index in [0.29, 0.717) is 5.76 Å². The first-order valence-corrected chi connectivity index (χ1v) is 7.61. The number of benzene rings is 1. The Bertz CT molecular complexity index is 889. The predicted molar refractivity (Wildman–Crippen MR) is 83.5 cm³/mol. The van der Waals surface area contributed by atoms with Crippen LogP contribution in [0.25, 0.3) is 11.4 Å². The fourth-order valence-electron chi connectivity index (χ4n) is 2.28. The van der Waals surface area contributed by atoms with Crippen LogP contribution in [0.15, 0.2) is 47.1 Å². The van der Waals surface area contributed by atoms with Gasteiger partial charge >= 0.3 is 6.18 Å². The summed E-state index contributed by atoms with van der Waals surface area (Å²) >= 11 is 0. The van der Waals surface area contributed by atoms with Gasteiger partial charge in [0, 0.05) is 5.56 Å². The summed E-state index contributed by atoms with van der Waals surface area (Å²) < 4.78 is 43.5. The minimum Gasteiger partial charge on any atom is -0.467 e. The number of carbonyl (C=O) groups excluding carboxylic acids is 1. The topological polar surface area (TPSA) is 85.8 Å². The summed E-state index contributed by atoms with van der Waals surface area (Å²) in [5.74, 6) is 0.208. The molecule has 3 aromatic rings. The van der Waals surface area contributed by atoms with Crippen LogP contribution in [0.5, 0.6) is 0 Å². The molecule has 10 heteroatoms. The lowest BCUT2D eigenvalue weighted by atomic mass is 10.1. The van der Waals surface area contributed by atoms with Gasteiger partial charge in [-0.25, -0.2) is 0 Å². The third-order valence-electron chi connectivity index (χ3n) is 3.53. The highest BCUT2D eigenvalue weighted by atomic mass is 19.4. The van der Waals surface area contributed by atoms with Crippen LogP contribution in [0.4, 0.5) is 13.2 Å². The number of amides is 1. The normalized spacial score (nSPS) is 12.8. The van der Waals surface area contributed by atoms with Crippen molar-refractivity contribution < 1.29 is 22.4 Å². The molecule has 0 fully saturated rings. The second-order valence-corrected chi connectivity index (χ2v) is 5.53. The first-order chi connectivity index (χ1) is 12.3. The molecule has 3 rings (SSSR count). The maximum absolute atomic E-state index is 12.8. The van der Waals surface area contributed by atoms with Crippen LogP contribution in [0, 0.1) is 0 Å². The molecular formula is C16H14F3N5O2. The highest BCUT2D eigenvalue weighted by molar-refractivity contribution is 5.75. The Balaban J connectivity index is 1.67. The van der Waals surface area contributed by atoms with Gasteiger partial charge in [0.1, 0.15) is 12.3 Å². The fraction of sp³-hybridized carbons (Fsp3) is 0.250. The molecule has 0 spiro atoms. The van der Waals surface area contributed by atoms with Gasteiger partial charge in [-0.1, -0.05) is 12.1 Å². The van der Waals surface area contributed by atoms with Crippen molar-refractivity contribution in [2.45, 2.75) is 25.7 Å². The molecule has 0 radical (unpaired) electrons. The Morgan fingerprint density at radius 3 is 2.81 bits per heavy atom. The smallest absolute Gasteiger partial charge is 0.416 e. The van der Waals surface area contributed by atoms with Crippen LogP contribution in [0.3, 0.4) is 0 Å². The molecule has 2 heterocycles. The summed E-state index contributed by atoms with van der Waals surface area (Å²) in [5, 5.41) is 14.1. The zero-order valence-corrected chi connectivity index (χ0v) is 13.6. The van der Waals surface area contributed by atoms with E-state index in [-0.39, 0.29) is 29.9 Å². The minimum absolute atomic E-state index is 0.00276. The van der Waals surface area contributed by atoms with E-state index in [4.69, 9.17) is 4.42 Å². The molecule has 1 amide bonds. The highest BCUT2D eigenvalue weighted by Gasteiger charge is 2.30. The average molecular weight is 365 g/mol. The van der Waals surface area contributed by atoms with Gasteiger partial charge in [-0.2, -0.15) is 18.0 Å². The molecule has 0 saturated carbocycles. The zero-order valence-electron chi connectivity index (χ0n) is 13.6. The van der Waals surface area contributed by atoms with Crippen LogP contribution in [0.1, 0.15) is 24.3 Å². The van der Waals surface area contributed by atoms with Gasteiger partial charge in [0.15, 0.2) is 0 Å². The van der Waals surface area contributed by atoms with Gasteiger partial charge in [0.2, 0.25) is 11.7 Å². The van der Waals surface area contributed by atoms with Crippen molar-refractivity contribution in [1.82, 2.24) is 25.5 Å². The average Bonchev–Trinajstić information content (AvgIpc) is 3.26. The van der Waals surface area contributed by atoms with Crippen molar-refractivity contribution in [3.63, 3.8) is 0 Å². The van der Waals surface area contributed by atoms with Gasteiger partial charge in [-0.15, -0.1) is 10.2 Å². The van der Waals surface area contributed by atoms with Crippen molar-refractivity contribution in [2.24, 2.45) is 0 Å². The third kappa shape index (κ3) is 4.08. The van der Waals surface area contributed by atoms with Gasteiger partial charge in [0.05, 0.1) is 17.9 Å². The summed E-state index contributed by atoms with van der Waals surface area (Å²) in [7, 11) is 0. The van der Waals surface area contributed by atoms with Crippen molar-refractivity contribution in [1.29, 1.82) is 0 Å². The predicted octanol–water partition coefficient (Wildman–Crippen LogP) is 2.83. The van der Waals surface area contributed by atoms with E-state index >= 15 is 0 Å². The lowest BCUT2D eigenvalue weighted by Gasteiger charge is -2.10. The molecule has 1 N–H and O–H groups in total. The quantitative estimate of drug-likeness (QED) is 0.751. The molecule has 26 heavy (non-hydrogen) atoms. The van der Waals surface area contributed by atoms with Gasteiger partial charge in [0.25, 0.3) is 0 Å². The Labute approximate surface area is 145 Å². The maximum Gasteiger partial charge on any atom is 0.416 e. The molecule has 0 aliphatic rings. The summed E-state index contributed by atoms with van der Waals surface area (Å²) in [6.07, 6.45) is -2.97. The van der Waals surface area contributed by atoms with Crippen molar-refractivity contribution in [3.05, 3.63) is 54.0 Å². The number of furan rings is 1. The van der Waals surface area contributed by atoms with E-state index in [1.54, 1.807) is 19.1 Å².